The van der Waals surface area contributed by atoms with Gasteiger partial charge in [0.15, 0.2) is 0 Å². The lowest BCUT2D eigenvalue weighted by atomic mass is 10.1. The van der Waals surface area contributed by atoms with Crippen molar-refractivity contribution in [3.8, 4) is 5.75 Å². The molecule has 1 aliphatic rings. The fourth-order valence-corrected chi connectivity index (χ4v) is 1.94. The van der Waals surface area contributed by atoms with Gasteiger partial charge in [-0.05, 0) is 12.1 Å². The smallest absolute Gasteiger partial charge is 0.338 e. The molecule has 21 heavy (non-hydrogen) atoms. The maximum atomic E-state index is 11.7. The van der Waals surface area contributed by atoms with Gasteiger partial charge in [0.2, 0.25) is 0 Å². The molecule has 0 unspecified atom stereocenters. The van der Waals surface area contributed by atoms with Crippen molar-refractivity contribution in [3.63, 3.8) is 0 Å². The summed E-state index contributed by atoms with van der Waals surface area (Å²) in [7, 11) is 3.13. The number of nitrogens with zero attached hydrogens (tertiary/aromatic N) is 2. The van der Waals surface area contributed by atoms with Crippen LogP contribution < -0.4 is 15.5 Å². The van der Waals surface area contributed by atoms with Gasteiger partial charge in [-0.1, -0.05) is 6.58 Å². The number of nitrogens with one attached hydrogen (secondary N) is 2. The van der Waals surface area contributed by atoms with Crippen LogP contribution >= 0.6 is 0 Å². The number of hydrogen-bond donors (Lipinski definition) is 2. The van der Waals surface area contributed by atoms with Gasteiger partial charge in [0, 0.05) is 19.8 Å². The van der Waals surface area contributed by atoms with Crippen molar-refractivity contribution in [3.05, 3.63) is 30.5 Å². The highest BCUT2D eigenvalue weighted by Gasteiger charge is 2.19. The van der Waals surface area contributed by atoms with Crippen LogP contribution in [0.2, 0.25) is 0 Å². The van der Waals surface area contributed by atoms with Crippen LogP contribution in [0.5, 0.6) is 5.75 Å². The zero-order valence-electron chi connectivity index (χ0n) is 12.0. The van der Waals surface area contributed by atoms with Gasteiger partial charge in [0.1, 0.15) is 24.4 Å². The molecule has 0 radical (unpaired) electrons. The molecule has 0 aromatic heterocycles. The third-order valence-corrected chi connectivity index (χ3v) is 2.83. The van der Waals surface area contributed by atoms with Crippen LogP contribution in [0.25, 0.3) is 0 Å². The molecule has 0 saturated heterocycles. The van der Waals surface area contributed by atoms with Crippen molar-refractivity contribution in [2.24, 2.45) is 4.99 Å². The normalized spacial score (nSPS) is 12.9. The fraction of sp³-hybridized carbons (Fsp3) is 0.286. The van der Waals surface area contributed by atoms with Gasteiger partial charge in [0.25, 0.3) is 0 Å². The van der Waals surface area contributed by atoms with Crippen LogP contribution in [0, 0.1) is 0 Å². The Labute approximate surface area is 123 Å². The van der Waals surface area contributed by atoms with Crippen molar-refractivity contribution in [1.82, 2.24) is 5.01 Å². The lowest BCUT2D eigenvalue weighted by molar-refractivity contribution is 0.0600. The number of benzene rings is 1. The quantitative estimate of drug-likeness (QED) is 0.372. The maximum absolute atomic E-state index is 11.7. The molecular formula is C14H18N4O3. The molecule has 112 valence electrons. The number of aliphatic imine (C=N–C) groups is 1. The second kappa shape index (κ2) is 6.65. The van der Waals surface area contributed by atoms with Gasteiger partial charge in [-0.15, -0.1) is 0 Å². The summed E-state index contributed by atoms with van der Waals surface area (Å²) >= 11 is 0. The fourth-order valence-electron chi connectivity index (χ4n) is 1.94. The van der Waals surface area contributed by atoms with E-state index in [-0.39, 0.29) is 0 Å². The Bertz CT molecular complexity index is 572. The zero-order chi connectivity index (χ0) is 15.2. The number of rotatable bonds is 5. The van der Waals surface area contributed by atoms with Gasteiger partial charge in [0.05, 0.1) is 18.4 Å². The summed E-state index contributed by atoms with van der Waals surface area (Å²) in [6.45, 7) is 4.76. The molecule has 1 aromatic rings. The van der Waals surface area contributed by atoms with Crippen molar-refractivity contribution in [2.45, 2.75) is 0 Å². The Hall–Kier alpha value is -2.70. The summed E-state index contributed by atoms with van der Waals surface area (Å²) in [6, 6.07) is 3.36. The number of carbonyl (C=O) groups excluding carboxylic acids is 1. The number of fused-ring (bicyclic) bond motifs is 1. The topological polar surface area (TPSA) is 75.2 Å². The first-order valence-electron chi connectivity index (χ1n) is 6.42. The first-order chi connectivity index (χ1) is 10.2. The van der Waals surface area contributed by atoms with E-state index in [9.17, 15) is 4.79 Å². The van der Waals surface area contributed by atoms with Gasteiger partial charge >= 0.3 is 5.97 Å². The molecule has 0 spiro atoms. The highest BCUT2D eigenvalue weighted by Crippen LogP contribution is 2.36. The van der Waals surface area contributed by atoms with Gasteiger partial charge in [-0.2, -0.15) is 0 Å². The summed E-state index contributed by atoms with van der Waals surface area (Å²) < 4.78 is 10.3. The molecule has 1 heterocycles. The number of hydrazine groups is 1. The van der Waals surface area contributed by atoms with Crippen LogP contribution in [-0.4, -0.2) is 44.6 Å². The number of hydrogen-bond acceptors (Lipinski definition) is 6. The minimum absolute atomic E-state index is 0.413. The van der Waals surface area contributed by atoms with E-state index in [2.05, 4.69) is 22.3 Å². The maximum Gasteiger partial charge on any atom is 0.338 e. The minimum atomic E-state index is -0.419. The number of anilines is 2. The molecule has 2 rings (SSSR count). The summed E-state index contributed by atoms with van der Waals surface area (Å²) in [5, 5.41) is 4.89. The monoisotopic (exact) mass is 290 g/mol. The van der Waals surface area contributed by atoms with E-state index in [1.54, 1.807) is 30.5 Å². The Balaban J connectivity index is 2.35. The Kier molecular flexibility index (Phi) is 4.65. The number of methoxy groups -OCH3 is 1. The van der Waals surface area contributed by atoms with E-state index in [1.165, 1.54) is 13.3 Å². The van der Waals surface area contributed by atoms with Crippen molar-refractivity contribution in [2.75, 3.05) is 38.1 Å². The van der Waals surface area contributed by atoms with Crippen molar-refractivity contribution in [1.29, 1.82) is 0 Å². The Morgan fingerprint density at radius 1 is 1.62 bits per heavy atom. The standard InChI is InChI=1S/C14H18N4O3/c1-4-15-9-18(2)17-11-7-10(14(19)20-3)8-12-13(11)16-5-6-21-12/h4,7-9,16-17H,1,5-6H2,2-3H3/b15-9-. The van der Waals surface area contributed by atoms with Crippen molar-refractivity contribution >= 4 is 23.7 Å². The summed E-state index contributed by atoms with van der Waals surface area (Å²) in [5.41, 5.74) is 5.02. The van der Waals surface area contributed by atoms with E-state index in [0.717, 1.165) is 5.69 Å². The second-order valence-electron chi connectivity index (χ2n) is 4.33. The average Bonchev–Trinajstić information content (AvgIpc) is 2.52. The first-order valence-corrected chi connectivity index (χ1v) is 6.42. The highest BCUT2D eigenvalue weighted by atomic mass is 16.5. The molecule has 0 atom stereocenters. The highest BCUT2D eigenvalue weighted by molar-refractivity contribution is 5.94. The van der Waals surface area contributed by atoms with Crippen LogP contribution in [-0.2, 0) is 4.74 Å². The predicted molar refractivity (Wildman–Crippen MR) is 81.8 cm³/mol. The summed E-state index contributed by atoms with van der Waals surface area (Å²) in [4.78, 5) is 15.6. The number of esters is 1. The molecule has 7 nitrogen and oxygen atoms in total. The van der Waals surface area contributed by atoms with Crippen LogP contribution in [0.3, 0.4) is 0 Å². The van der Waals surface area contributed by atoms with E-state index in [4.69, 9.17) is 9.47 Å². The van der Waals surface area contributed by atoms with E-state index in [1.807, 2.05) is 0 Å². The van der Waals surface area contributed by atoms with Crippen molar-refractivity contribution < 1.29 is 14.3 Å². The van der Waals surface area contributed by atoms with E-state index in [0.29, 0.717) is 30.2 Å². The Morgan fingerprint density at radius 2 is 2.43 bits per heavy atom. The zero-order valence-corrected chi connectivity index (χ0v) is 12.0. The lowest BCUT2D eigenvalue weighted by Crippen LogP contribution is -2.26. The predicted octanol–water partition coefficient (Wildman–Crippen LogP) is 1.71. The van der Waals surface area contributed by atoms with Crippen LogP contribution in [0.1, 0.15) is 10.4 Å². The molecule has 1 aromatic carbocycles. The van der Waals surface area contributed by atoms with Gasteiger partial charge in [-0.25, -0.2) is 9.79 Å². The third kappa shape index (κ3) is 3.44. The molecule has 0 fully saturated rings. The van der Waals surface area contributed by atoms with Gasteiger partial charge < -0.3 is 14.8 Å². The molecule has 1 aliphatic heterocycles. The number of ether oxygens (including phenoxy) is 2. The van der Waals surface area contributed by atoms with Crippen LogP contribution in [0.4, 0.5) is 11.4 Å². The first kappa shape index (κ1) is 14.7. The lowest BCUT2D eigenvalue weighted by Gasteiger charge is -2.25. The SMILES string of the molecule is C=C/N=C\N(C)Nc1cc(C(=O)OC)cc2c1NCCO2. The molecule has 0 saturated carbocycles. The third-order valence-electron chi connectivity index (χ3n) is 2.83. The molecular weight excluding hydrogens is 272 g/mol. The van der Waals surface area contributed by atoms with E-state index < -0.39 is 5.97 Å². The average molecular weight is 290 g/mol. The molecule has 0 bridgehead atoms. The number of carbonyl (C=O) groups is 1. The molecule has 2 N–H and O–H groups in total. The van der Waals surface area contributed by atoms with Crippen LogP contribution in [0.15, 0.2) is 29.9 Å². The summed E-state index contributed by atoms with van der Waals surface area (Å²) in [6.07, 6.45) is 2.99. The Morgan fingerprint density at radius 3 is 3.14 bits per heavy atom. The van der Waals surface area contributed by atoms with E-state index >= 15 is 0 Å². The van der Waals surface area contributed by atoms with Gasteiger partial charge in [-0.3, -0.25) is 10.4 Å². The molecule has 0 aliphatic carbocycles. The second-order valence-corrected chi connectivity index (χ2v) is 4.33. The molecule has 0 amide bonds. The minimum Gasteiger partial charge on any atom is -0.489 e. The largest absolute Gasteiger partial charge is 0.489 e. The molecule has 7 heteroatoms. The summed E-state index contributed by atoms with van der Waals surface area (Å²) in [5.74, 6) is 0.193.